The number of carbonyl (C=O) groups excluding carboxylic acids is 2. The average Bonchev–Trinajstić information content (AvgIpc) is 2.71. The monoisotopic (exact) mass is 431 g/mol. The maximum Gasteiger partial charge on any atom is 0.243 e. The van der Waals surface area contributed by atoms with E-state index < -0.39 is 6.04 Å². The van der Waals surface area contributed by atoms with E-state index in [1.807, 2.05) is 44.9 Å². The second kappa shape index (κ2) is 10.9. The SMILES string of the molecule is CC(C)N(C)C(C)C(=O)N[C@@H](Cc1cccc(Cl)c1)C(=O)NCc1ccc(N)nc1. The van der Waals surface area contributed by atoms with E-state index >= 15 is 0 Å². The number of anilines is 1. The number of rotatable bonds is 9. The zero-order chi connectivity index (χ0) is 22.3. The maximum absolute atomic E-state index is 12.9. The fourth-order valence-corrected chi connectivity index (χ4v) is 3.10. The molecule has 2 atom stereocenters. The van der Waals surface area contributed by atoms with E-state index in [2.05, 4.69) is 15.6 Å². The van der Waals surface area contributed by atoms with Gasteiger partial charge in [0, 0.05) is 30.2 Å². The van der Waals surface area contributed by atoms with Crippen molar-refractivity contribution in [3.63, 3.8) is 0 Å². The molecule has 0 aliphatic carbocycles. The van der Waals surface area contributed by atoms with Crippen molar-refractivity contribution >= 4 is 29.2 Å². The van der Waals surface area contributed by atoms with Gasteiger partial charge in [-0.3, -0.25) is 14.5 Å². The lowest BCUT2D eigenvalue weighted by Crippen LogP contribution is -2.53. The minimum atomic E-state index is -0.735. The van der Waals surface area contributed by atoms with Gasteiger partial charge in [-0.05, 0) is 57.1 Å². The molecule has 1 aromatic heterocycles. The largest absolute Gasteiger partial charge is 0.384 e. The van der Waals surface area contributed by atoms with Crippen molar-refractivity contribution in [2.45, 2.75) is 51.9 Å². The Balaban J connectivity index is 2.11. The van der Waals surface area contributed by atoms with Crippen LogP contribution in [0.25, 0.3) is 0 Å². The maximum atomic E-state index is 12.9. The second-order valence-electron chi connectivity index (χ2n) is 7.64. The molecule has 30 heavy (non-hydrogen) atoms. The summed E-state index contributed by atoms with van der Waals surface area (Å²) in [4.78, 5) is 31.7. The zero-order valence-electron chi connectivity index (χ0n) is 17.9. The van der Waals surface area contributed by atoms with Gasteiger partial charge in [0.05, 0.1) is 6.04 Å². The number of pyridine rings is 1. The summed E-state index contributed by atoms with van der Waals surface area (Å²) in [6.45, 7) is 6.14. The average molecular weight is 432 g/mol. The van der Waals surface area contributed by atoms with Crippen LogP contribution in [0.15, 0.2) is 42.6 Å². The van der Waals surface area contributed by atoms with Gasteiger partial charge in [0.2, 0.25) is 11.8 Å². The lowest BCUT2D eigenvalue weighted by molar-refractivity contribution is -0.131. The molecule has 8 heteroatoms. The Morgan fingerprint density at radius 2 is 1.87 bits per heavy atom. The van der Waals surface area contributed by atoms with Gasteiger partial charge in [0.15, 0.2) is 0 Å². The van der Waals surface area contributed by atoms with Crippen LogP contribution in [0, 0.1) is 0 Å². The van der Waals surface area contributed by atoms with Gasteiger partial charge < -0.3 is 16.4 Å². The molecular formula is C22H30ClN5O2. The lowest BCUT2D eigenvalue weighted by Gasteiger charge is -2.29. The van der Waals surface area contributed by atoms with Crippen molar-refractivity contribution in [3.05, 3.63) is 58.7 Å². The lowest BCUT2D eigenvalue weighted by atomic mass is 10.0. The van der Waals surface area contributed by atoms with Crippen molar-refractivity contribution in [2.24, 2.45) is 0 Å². The topological polar surface area (TPSA) is 100 Å². The van der Waals surface area contributed by atoms with Gasteiger partial charge in [-0.25, -0.2) is 4.98 Å². The first-order valence-corrected chi connectivity index (χ1v) is 10.3. The van der Waals surface area contributed by atoms with Crippen molar-refractivity contribution in [3.8, 4) is 0 Å². The Hall–Kier alpha value is -2.64. The van der Waals surface area contributed by atoms with Crippen molar-refractivity contribution in [2.75, 3.05) is 12.8 Å². The van der Waals surface area contributed by atoms with E-state index in [0.29, 0.717) is 17.3 Å². The second-order valence-corrected chi connectivity index (χ2v) is 8.08. The van der Waals surface area contributed by atoms with E-state index in [4.69, 9.17) is 17.3 Å². The molecule has 1 unspecified atom stereocenters. The molecule has 0 aliphatic heterocycles. The molecule has 7 nitrogen and oxygen atoms in total. The number of carbonyl (C=O) groups is 2. The highest BCUT2D eigenvalue weighted by molar-refractivity contribution is 6.30. The molecule has 0 saturated carbocycles. The van der Waals surface area contributed by atoms with Crippen LogP contribution < -0.4 is 16.4 Å². The zero-order valence-corrected chi connectivity index (χ0v) is 18.6. The Morgan fingerprint density at radius 1 is 1.13 bits per heavy atom. The molecule has 2 rings (SSSR count). The summed E-state index contributed by atoms with van der Waals surface area (Å²) in [7, 11) is 1.88. The predicted molar refractivity (Wildman–Crippen MR) is 120 cm³/mol. The number of nitrogens with one attached hydrogen (secondary N) is 2. The van der Waals surface area contributed by atoms with Gasteiger partial charge in [0.1, 0.15) is 11.9 Å². The highest BCUT2D eigenvalue weighted by atomic mass is 35.5. The van der Waals surface area contributed by atoms with E-state index in [-0.39, 0.29) is 30.4 Å². The van der Waals surface area contributed by atoms with Gasteiger partial charge in [0.25, 0.3) is 0 Å². The van der Waals surface area contributed by atoms with Crippen LogP contribution in [0.3, 0.4) is 0 Å². The Bertz CT molecular complexity index is 857. The summed E-state index contributed by atoms with van der Waals surface area (Å²) >= 11 is 6.08. The Morgan fingerprint density at radius 3 is 2.47 bits per heavy atom. The Labute approximate surface area is 183 Å². The third-order valence-electron chi connectivity index (χ3n) is 5.08. The summed E-state index contributed by atoms with van der Waals surface area (Å²) in [5.74, 6) is -0.0680. The summed E-state index contributed by atoms with van der Waals surface area (Å²) in [6.07, 6.45) is 1.94. The van der Waals surface area contributed by atoms with E-state index in [9.17, 15) is 9.59 Å². The summed E-state index contributed by atoms with van der Waals surface area (Å²) in [6, 6.07) is 9.83. The highest BCUT2D eigenvalue weighted by Gasteiger charge is 2.26. The van der Waals surface area contributed by atoms with Gasteiger partial charge >= 0.3 is 0 Å². The van der Waals surface area contributed by atoms with Crippen LogP contribution >= 0.6 is 11.6 Å². The molecule has 1 heterocycles. The molecule has 4 N–H and O–H groups in total. The fraction of sp³-hybridized carbons (Fsp3) is 0.409. The molecule has 0 spiro atoms. The third-order valence-corrected chi connectivity index (χ3v) is 5.32. The summed E-state index contributed by atoms with van der Waals surface area (Å²) in [5.41, 5.74) is 7.28. The van der Waals surface area contributed by atoms with Crippen LogP contribution in [0.5, 0.6) is 0 Å². The summed E-state index contributed by atoms with van der Waals surface area (Å²) in [5, 5.41) is 6.35. The number of benzene rings is 1. The quantitative estimate of drug-likeness (QED) is 0.566. The molecule has 162 valence electrons. The van der Waals surface area contributed by atoms with E-state index in [0.717, 1.165) is 11.1 Å². The van der Waals surface area contributed by atoms with Gasteiger partial charge in [-0.2, -0.15) is 0 Å². The first kappa shape index (κ1) is 23.6. The van der Waals surface area contributed by atoms with E-state index in [1.54, 1.807) is 30.5 Å². The number of aromatic nitrogens is 1. The number of nitrogens with two attached hydrogens (primary N) is 1. The van der Waals surface area contributed by atoms with Crippen molar-refractivity contribution in [1.82, 2.24) is 20.5 Å². The first-order valence-electron chi connectivity index (χ1n) is 9.92. The molecule has 2 amide bonds. The standard InChI is InChI=1S/C22H30ClN5O2/c1-14(2)28(4)15(3)21(29)27-19(11-16-6-5-7-18(23)10-16)22(30)26-13-17-8-9-20(24)25-12-17/h5-10,12,14-15,19H,11,13H2,1-4H3,(H2,24,25)(H,26,30)(H,27,29)/t15?,19-/m0/s1. The minimum absolute atomic E-state index is 0.198. The molecule has 1 aromatic carbocycles. The van der Waals surface area contributed by atoms with Gasteiger partial charge in [-0.15, -0.1) is 0 Å². The number of hydrogen-bond donors (Lipinski definition) is 3. The van der Waals surface area contributed by atoms with Crippen LogP contribution in [0.4, 0.5) is 5.82 Å². The minimum Gasteiger partial charge on any atom is -0.384 e. The predicted octanol–water partition coefficient (Wildman–Crippen LogP) is 2.39. The van der Waals surface area contributed by atoms with Crippen molar-refractivity contribution < 1.29 is 9.59 Å². The number of nitrogen functional groups attached to an aromatic ring is 1. The molecular weight excluding hydrogens is 402 g/mol. The third kappa shape index (κ3) is 7.00. The fourth-order valence-electron chi connectivity index (χ4n) is 2.89. The van der Waals surface area contributed by atoms with Crippen LogP contribution in [-0.4, -0.2) is 46.9 Å². The number of hydrogen-bond acceptors (Lipinski definition) is 5. The molecule has 0 saturated heterocycles. The van der Waals surface area contributed by atoms with Crippen molar-refractivity contribution in [1.29, 1.82) is 0 Å². The van der Waals surface area contributed by atoms with E-state index in [1.165, 1.54) is 0 Å². The molecule has 0 bridgehead atoms. The number of amides is 2. The highest BCUT2D eigenvalue weighted by Crippen LogP contribution is 2.13. The smallest absolute Gasteiger partial charge is 0.243 e. The molecule has 2 aromatic rings. The van der Waals surface area contributed by atoms with Gasteiger partial charge in [-0.1, -0.05) is 29.8 Å². The number of halogens is 1. The summed E-state index contributed by atoms with van der Waals surface area (Å²) < 4.78 is 0. The molecule has 0 radical (unpaired) electrons. The molecule has 0 aliphatic rings. The number of nitrogens with zero attached hydrogens (tertiary/aromatic N) is 2. The van der Waals surface area contributed by atoms with Crippen LogP contribution in [-0.2, 0) is 22.6 Å². The van der Waals surface area contributed by atoms with Crippen LogP contribution in [0.1, 0.15) is 31.9 Å². The Kier molecular flexibility index (Phi) is 8.62. The van der Waals surface area contributed by atoms with Crippen LogP contribution in [0.2, 0.25) is 5.02 Å². The first-order chi connectivity index (χ1) is 14.2. The normalized spacial score (nSPS) is 13.2. The molecule has 0 fully saturated rings. The number of likely N-dealkylation sites (N-methyl/N-ethyl adjacent to an activating group) is 1.